The minimum absolute atomic E-state index is 0.0695. The van der Waals surface area contributed by atoms with Gasteiger partial charge in [-0.2, -0.15) is 0 Å². The number of aryl methyl sites for hydroxylation is 1. The monoisotopic (exact) mass is 404 g/mol. The number of rotatable bonds is 7. The van der Waals surface area contributed by atoms with E-state index in [-0.39, 0.29) is 11.8 Å². The van der Waals surface area contributed by atoms with Gasteiger partial charge in [0, 0.05) is 28.9 Å². The van der Waals surface area contributed by atoms with E-state index < -0.39 is 0 Å². The van der Waals surface area contributed by atoms with Crippen molar-refractivity contribution in [2.24, 2.45) is 0 Å². The summed E-state index contributed by atoms with van der Waals surface area (Å²) >= 11 is 5.85. The highest BCUT2D eigenvalue weighted by molar-refractivity contribution is 6.30. The summed E-state index contributed by atoms with van der Waals surface area (Å²) in [6.45, 7) is 0. The molecule has 0 spiro atoms. The molecular weight excluding hydrogens is 384 g/mol. The van der Waals surface area contributed by atoms with E-state index in [1.165, 1.54) is 6.08 Å². The van der Waals surface area contributed by atoms with Crippen LogP contribution < -0.4 is 10.6 Å². The minimum atomic E-state index is -0.257. The Morgan fingerprint density at radius 1 is 0.828 bits per heavy atom. The highest BCUT2D eigenvalue weighted by atomic mass is 35.5. The van der Waals surface area contributed by atoms with Crippen molar-refractivity contribution >= 4 is 40.9 Å². The molecule has 3 aromatic rings. The summed E-state index contributed by atoms with van der Waals surface area (Å²) in [5, 5.41) is 6.31. The number of hydrogen-bond donors (Lipinski definition) is 2. The van der Waals surface area contributed by atoms with E-state index in [4.69, 9.17) is 11.6 Å². The molecule has 0 aliphatic heterocycles. The first-order valence-electron chi connectivity index (χ1n) is 9.27. The molecule has 0 saturated heterocycles. The Morgan fingerprint density at radius 2 is 1.52 bits per heavy atom. The number of benzene rings is 3. The summed E-state index contributed by atoms with van der Waals surface area (Å²) in [5.74, 6) is -0.326. The van der Waals surface area contributed by atoms with Crippen molar-refractivity contribution in [2.45, 2.75) is 12.8 Å². The highest BCUT2D eigenvalue weighted by Gasteiger charge is 2.05. The van der Waals surface area contributed by atoms with Gasteiger partial charge in [-0.05, 0) is 54.0 Å². The molecule has 0 saturated carbocycles. The smallest absolute Gasteiger partial charge is 0.248 e. The SMILES string of the molecule is O=C(/C=C/c1ccc(Cl)cc1)Nc1cccc(NC(=O)CCc2ccccc2)c1. The van der Waals surface area contributed by atoms with Crippen LogP contribution >= 0.6 is 11.6 Å². The molecule has 3 rings (SSSR count). The first-order valence-corrected chi connectivity index (χ1v) is 9.65. The Hall–Kier alpha value is -3.37. The lowest BCUT2D eigenvalue weighted by atomic mass is 10.1. The summed E-state index contributed by atoms with van der Waals surface area (Å²) in [5.41, 5.74) is 3.25. The topological polar surface area (TPSA) is 58.2 Å². The highest BCUT2D eigenvalue weighted by Crippen LogP contribution is 2.16. The molecule has 0 radical (unpaired) electrons. The fourth-order valence-corrected chi connectivity index (χ4v) is 2.86. The van der Waals surface area contributed by atoms with Gasteiger partial charge in [-0.15, -0.1) is 0 Å². The molecule has 0 atom stereocenters. The average molecular weight is 405 g/mol. The maximum absolute atomic E-state index is 12.2. The Kier molecular flexibility index (Phi) is 7.20. The van der Waals surface area contributed by atoms with E-state index in [2.05, 4.69) is 10.6 Å². The summed E-state index contributed by atoms with van der Waals surface area (Å²) in [4.78, 5) is 24.3. The third-order valence-corrected chi connectivity index (χ3v) is 4.45. The Labute approximate surface area is 175 Å². The molecule has 146 valence electrons. The van der Waals surface area contributed by atoms with E-state index in [1.807, 2.05) is 42.5 Å². The zero-order valence-corrected chi connectivity index (χ0v) is 16.5. The zero-order chi connectivity index (χ0) is 20.5. The lowest BCUT2D eigenvalue weighted by Crippen LogP contribution is -2.13. The van der Waals surface area contributed by atoms with Crippen LogP contribution in [0.25, 0.3) is 6.08 Å². The van der Waals surface area contributed by atoms with Crippen LogP contribution in [-0.2, 0) is 16.0 Å². The summed E-state index contributed by atoms with van der Waals surface area (Å²) in [6, 6.07) is 24.1. The maximum Gasteiger partial charge on any atom is 0.248 e. The fraction of sp³-hybridized carbons (Fsp3) is 0.0833. The van der Waals surface area contributed by atoms with Gasteiger partial charge in [0.25, 0.3) is 0 Å². The quantitative estimate of drug-likeness (QED) is 0.506. The maximum atomic E-state index is 12.2. The third-order valence-electron chi connectivity index (χ3n) is 4.19. The van der Waals surface area contributed by atoms with E-state index >= 15 is 0 Å². The predicted octanol–water partition coefficient (Wildman–Crippen LogP) is 5.56. The number of carbonyl (C=O) groups is 2. The molecule has 0 heterocycles. The van der Waals surface area contributed by atoms with Crippen LogP contribution in [0.2, 0.25) is 5.02 Å². The zero-order valence-electron chi connectivity index (χ0n) is 15.8. The van der Waals surface area contributed by atoms with Crippen LogP contribution in [0.5, 0.6) is 0 Å². The molecule has 29 heavy (non-hydrogen) atoms. The molecule has 0 aromatic heterocycles. The molecule has 0 aliphatic rings. The van der Waals surface area contributed by atoms with E-state index in [1.54, 1.807) is 42.5 Å². The molecule has 4 nitrogen and oxygen atoms in total. The second-order valence-electron chi connectivity index (χ2n) is 6.49. The number of carbonyl (C=O) groups excluding carboxylic acids is 2. The van der Waals surface area contributed by atoms with Crippen molar-refractivity contribution in [3.63, 3.8) is 0 Å². The van der Waals surface area contributed by atoms with Crippen LogP contribution in [0.3, 0.4) is 0 Å². The van der Waals surface area contributed by atoms with E-state index in [9.17, 15) is 9.59 Å². The standard InChI is InChI=1S/C24H21ClN2O2/c25-20-13-9-19(10-14-20)12-16-24(29)27-22-8-4-7-21(17-22)26-23(28)15-11-18-5-2-1-3-6-18/h1-10,12-14,16-17H,11,15H2,(H,26,28)(H,27,29)/b16-12+. The molecule has 2 amide bonds. The van der Waals surface area contributed by atoms with Crippen LogP contribution in [0, 0.1) is 0 Å². The molecule has 0 aliphatic carbocycles. The van der Waals surface area contributed by atoms with Crippen molar-refractivity contribution in [3.8, 4) is 0 Å². The number of amides is 2. The lowest BCUT2D eigenvalue weighted by Gasteiger charge is -2.08. The van der Waals surface area contributed by atoms with Crippen molar-refractivity contribution in [1.29, 1.82) is 0 Å². The van der Waals surface area contributed by atoms with E-state index in [0.717, 1.165) is 11.1 Å². The van der Waals surface area contributed by atoms with Gasteiger partial charge >= 0.3 is 0 Å². The van der Waals surface area contributed by atoms with Crippen molar-refractivity contribution in [1.82, 2.24) is 0 Å². The van der Waals surface area contributed by atoms with Gasteiger partial charge in [0.1, 0.15) is 0 Å². The number of hydrogen-bond acceptors (Lipinski definition) is 2. The van der Waals surface area contributed by atoms with Gasteiger partial charge in [-0.25, -0.2) is 0 Å². The molecular formula is C24H21ClN2O2. The molecule has 3 aromatic carbocycles. The molecule has 0 unspecified atom stereocenters. The van der Waals surface area contributed by atoms with Gasteiger partial charge < -0.3 is 10.6 Å². The summed E-state index contributed by atoms with van der Waals surface area (Å²) < 4.78 is 0. The van der Waals surface area contributed by atoms with Crippen LogP contribution in [0.15, 0.2) is 84.9 Å². The van der Waals surface area contributed by atoms with E-state index in [0.29, 0.717) is 29.2 Å². The normalized spacial score (nSPS) is 10.7. The van der Waals surface area contributed by atoms with Gasteiger partial charge in [0.15, 0.2) is 0 Å². The van der Waals surface area contributed by atoms with Gasteiger partial charge in [-0.1, -0.05) is 60.1 Å². The minimum Gasteiger partial charge on any atom is -0.326 e. The Morgan fingerprint density at radius 3 is 2.24 bits per heavy atom. The first-order chi connectivity index (χ1) is 14.1. The lowest BCUT2D eigenvalue weighted by molar-refractivity contribution is -0.116. The average Bonchev–Trinajstić information content (AvgIpc) is 2.73. The van der Waals surface area contributed by atoms with Crippen LogP contribution in [0.4, 0.5) is 11.4 Å². The van der Waals surface area contributed by atoms with Crippen molar-refractivity contribution in [3.05, 3.63) is 101 Å². The number of nitrogens with one attached hydrogen (secondary N) is 2. The second-order valence-corrected chi connectivity index (χ2v) is 6.93. The second kappa shape index (κ2) is 10.2. The summed E-state index contributed by atoms with van der Waals surface area (Å²) in [6.07, 6.45) is 4.23. The van der Waals surface area contributed by atoms with Gasteiger partial charge in [0.05, 0.1) is 0 Å². The van der Waals surface area contributed by atoms with Crippen molar-refractivity contribution < 1.29 is 9.59 Å². The Balaban J connectivity index is 1.52. The van der Waals surface area contributed by atoms with Crippen molar-refractivity contribution in [2.75, 3.05) is 10.6 Å². The van der Waals surface area contributed by atoms with Gasteiger partial charge in [-0.3, -0.25) is 9.59 Å². The summed E-state index contributed by atoms with van der Waals surface area (Å²) in [7, 11) is 0. The fourth-order valence-electron chi connectivity index (χ4n) is 2.73. The number of halogens is 1. The third kappa shape index (κ3) is 6.94. The number of anilines is 2. The van der Waals surface area contributed by atoms with Gasteiger partial charge in [0.2, 0.25) is 11.8 Å². The van der Waals surface area contributed by atoms with Crippen LogP contribution in [0.1, 0.15) is 17.5 Å². The molecule has 2 N–H and O–H groups in total. The first kappa shape index (κ1) is 20.4. The molecule has 5 heteroatoms. The van der Waals surface area contributed by atoms with Crippen LogP contribution in [-0.4, -0.2) is 11.8 Å². The predicted molar refractivity (Wildman–Crippen MR) is 119 cm³/mol. The largest absolute Gasteiger partial charge is 0.326 e. The molecule has 0 fully saturated rings. The molecule has 0 bridgehead atoms. The Bertz CT molecular complexity index is 999.